The molecule has 1 aliphatic rings. The highest BCUT2D eigenvalue weighted by atomic mass is 16.5. The van der Waals surface area contributed by atoms with Crippen LogP contribution in [-0.2, 0) is 19.1 Å². The molecule has 120 valence electrons. The van der Waals surface area contributed by atoms with Gasteiger partial charge < -0.3 is 15.0 Å². The number of hydrogen-bond donors (Lipinski definition) is 1. The smallest absolute Gasteiger partial charge is 0.302 e. The maximum Gasteiger partial charge on any atom is 0.302 e. The van der Waals surface area contributed by atoms with Crippen molar-refractivity contribution in [3.8, 4) is 0 Å². The van der Waals surface area contributed by atoms with Crippen LogP contribution in [0.1, 0.15) is 39.5 Å². The number of allylic oxidation sites excluding steroid dienone is 1. The van der Waals surface area contributed by atoms with Gasteiger partial charge in [-0.3, -0.25) is 14.4 Å². The molecule has 0 bridgehead atoms. The highest BCUT2D eigenvalue weighted by Gasteiger charge is 2.15. The average molecular weight is 298 g/mol. The fourth-order valence-electron chi connectivity index (χ4n) is 1.80. The number of amides is 2. The van der Waals surface area contributed by atoms with Crippen molar-refractivity contribution in [2.45, 2.75) is 39.5 Å². The van der Waals surface area contributed by atoms with Gasteiger partial charge in [0, 0.05) is 33.0 Å². The van der Waals surface area contributed by atoms with E-state index in [1.165, 1.54) is 20.1 Å². The van der Waals surface area contributed by atoms with Crippen molar-refractivity contribution in [3.05, 3.63) is 12.2 Å². The SMILES string of the molecule is C/C=C\C(=O)NCCN1CCCCCC1=O.COC(C)=O. The second-order valence-corrected chi connectivity index (χ2v) is 4.68. The predicted octanol–water partition coefficient (Wildman–Crippen LogP) is 1.26. The second kappa shape index (κ2) is 11.9. The molecular weight excluding hydrogens is 272 g/mol. The van der Waals surface area contributed by atoms with Crippen LogP contribution in [0, 0.1) is 0 Å². The molecule has 6 nitrogen and oxygen atoms in total. The fourth-order valence-corrected chi connectivity index (χ4v) is 1.80. The van der Waals surface area contributed by atoms with E-state index in [2.05, 4.69) is 10.1 Å². The van der Waals surface area contributed by atoms with Crippen LogP contribution in [0.5, 0.6) is 0 Å². The Hall–Kier alpha value is -1.85. The number of hydrogen-bond acceptors (Lipinski definition) is 4. The van der Waals surface area contributed by atoms with Crippen LogP contribution in [-0.4, -0.2) is 49.4 Å². The van der Waals surface area contributed by atoms with Crippen LogP contribution in [0.25, 0.3) is 0 Å². The lowest BCUT2D eigenvalue weighted by Gasteiger charge is -2.20. The van der Waals surface area contributed by atoms with E-state index in [1.807, 2.05) is 4.90 Å². The van der Waals surface area contributed by atoms with Gasteiger partial charge >= 0.3 is 5.97 Å². The molecule has 0 saturated carbocycles. The van der Waals surface area contributed by atoms with E-state index in [-0.39, 0.29) is 17.8 Å². The van der Waals surface area contributed by atoms with Gasteiger partial charge in [0.1, 0.15) is 0 Å². The minimum Gasteiger partial charge on any atom is -0.469 e. The highest BCUT2D eigenvalue weighted by Crippen LogP contribution is 2.10. The first-order valence-electron chi connectivity index (χ1n) is 7.24. The van der Waals surface area contributed by atoms with Gasteiger partial charge in [0.2, 0.25) is 11.8 Å². The summed E-state index contributed by atoms with van der Waals surface area (Å²) in [6.07, 6.45) is 7.06. The van der Waals surface area contributed by atoms with Gasteiger partial charge in [-0.15, -0.1) is 0 Å². The van der Waals surface area contributed by atoms with Crippen molar-refractivity contribution in [3.63, 3.8) is 0 Å². The second-order valence-electron chi connectivity index (χ2n) is 4.68. The summed E-state index contributed by atoms with van der Waals surface area (Å²) in [6, 6.07) is 0. The summed E-state index contributed by atoms with van der Waals surface area (Å²) in [5, 5.41) is 2.75. The molecule has 6 heteroatoms. The molecule has 2 amide bonds. The normalized spacial score (nSPS) is 15.0. The quantitative estimate of drug-likeness (QED) is 0.626. The van der Waals surface area contributed by atoms with Crippen LogP contribution in [0.2, 0.25) is 0 Å². The van der Waals surface area contributed by atoms with E-state index in [4.69, 9.17) is 0 Å². The topological polar surface area (TPSA) is 75.7 Å². The molecule has 0 aromatic heterocycles. The van der Waals surface area contributed by atoms with Crippen LogP contribution in [0.3, 0.4) is 0 Å². The molecule has 0 spiro atoms. The average Bonchev–Trinajstić information content (AvgIpc) is 2.65. The number of nitrogens with one attached hydrogen (secondary N) is 1. The first-order valence-corrected chi connectivity index (χ1v) is 7.24. The van der Waals surface area contributed by atoms with Gasteiger partial charge in [0.05, 0.1) is 7.11 Å². The molecule has 1 heterocycles. The molecule has 0 unspecified atom stereocenters. The summed E-state index contributed by atoms with van der Waals surface area (Å²) >= 11 is 0. The van der Waals surface area contributed by atoms with E-state index in [0.29, 0.717) is 19.5 Å². The van der Waals surface area contributed by atoms with E-state index in [0.717, 1.165) is 25.8 Å². The fraction of sp³-hybridized carbons (Fsp3) is 0.667. The summed E-state index contributed by atoms with van der Waals surface area (Å²) < 4.78 is 4.11. The van der Waals surface area contributed by atoms with Crippen LogP contribution in [0.15, 0.2) is 12.2 Å². The van der Waals surface area contributed by atoms with E-state index < -0.39 is 0 Å². The number of carbonyl (C=O) groups excluding carboxylic acids is 3. The highest BCUT2D eigenvalue weighted by molar-refractivity contribution is 5.87. The van der Waals surface area contributed by atoms with Gasteiger partial charge in [0.15, 0.2) is 0 Å². The van der Waals surface area contributed by atoms with Crippen molar-refractivity contribution in [1.82, 2.24) is 10.2 Å². The summed E-state index contributed by atoms with van der Waals surface area (Å²) in [4.78, 5) is 34.2. The molecule has 0 aromatic rings. The van der Waals surface area contributed by atoms with Gasteiger partial charge in [-0.25, -0.2) is 0 Å². The Bertz CT molecular complexity index is 367. The number of nitrogens with zero attached hydrogens (tertiary/aromatic N) is 1. The maximum atomic E-state index is 11.6. The van der Waals surface area contributed by atoms with Crippen molar-refractivity contribution in [2.24, 2.45) is 0 Å². The molecule has 0 aliphatic carbocycles. The first-order chi connectivity index (χ1) is 10.0. The Morgan fingerprint density at radius 1 is 1.33 bits per heavy atom. The van der Waals surface area contributed by atoms with Crippen LogP contribution >= 0.6 is 0 Å². The standard InChI is InChI=1S/C12H20N2O2.C3H6O2/c1-2-6-11(15)13-8-10-14-9-5-3-4-7-12(14)16;1-3(4)5-2/h2,6H,3-5,7-10H2,1H3,(H,13,15);1-2H3/b6-2-;. The van der Waals surface area contributed by atoms with Crippen LogP contribution < -0.4 is 5.32 Å². The first kappa shape index (κ1) is 19.1. The Balaban J connectivity index is 0.000000690. The van der Waals surface area contributed by atoms with Crippen molar-refractivity contribution >= 4 is 17.8 Å². The Morgan fingerprint density at radius 3 is 2.57 bits per heavy atom. The Labute approximate surface area is 126 Å². The molecule has 0 radical (unpaired) electrons. The summed E-state index contributed by atoms with van der Waals surface area (Å²) in [5.41, 5.74) is 0. The third-order valence-electron chi connectivity index (χ3n) is 2.96. The number of esters is 1. The molecule has 0 aromatic carbocycles. The van der Waals surface area contributed by atoms with Gasteiger partial charge in [0.25, 0.3) is 0 Å². The summed E-state index contributed by atoms with van der Waals surface area (Å²) in [5.74, 6) is -0.118. The molecule has 1 saturated heterocycles. The van der Waals surface area contributed by atoms with Crippen molar-refractivity contribution in [2.75, 3.05) is 26.7 Å². The molecule has 1 N–H and O–H groups in total. The minimum absolute atomic E-state index is 0.0928. The van der Waals surface area contributed by atoms with Gasteiger partial charge in [-0.2, -0.15) is 0 Å². The monoisotopic (exact) mass is 298 g/mol. The van der Waals surface area contributed by atoms with E-state index in [9.17, 15) is 14.4 Å². The van der Waals surface area contributed by atoms with Gasteiger partial charge in [-0.1, -0.05) is 12.5 Å². The Morgan fingerprint density at radius 2 is 2.00 bits per heavy atom. The zero-order valence-electron chi connectivity index (χ0n) is 13.2. The largest absolute Gasteiger partial charge is 0.469 e. The minimum atomic E-state index is -0.245. The zero-order valence-corrected chi connectivity index (χ0v) is 13.2. The predicted molar refractivity (Wildman–Crippen MR) is 80.6 cm³/mol. The molecule has 1 rings (SSSR count). The van der Waals surface area contributed by atoms with Crippen molar-refractivity contribution < 1.29 is 19.1 Å². The zero-order chi connectivity index (χ0) is 16.1. The molecule has 1 aliphatic heterocycles. The number of rotatable bonds is 4. The number of methoxy groups -OCH3 is 1. The number of likely N-dealkylation sites (tertiary alicyclic amines) is 1. The third-order valence-corrected chi connectivity index (χ3v) is 2.96. The lowest BCUT2D eigenvalue weighted by atomic mass is 10.2. The molecule has 21 heavy (non-hydrogen) atoms. The lowest BCUT2D eigenvalue weighted by molar-refractivity contribution is -0.138. The number of carbonyl (C=O) groups is 3. The maximum absolute atomic E-state index is 11.6. The molecular formula is C15H26N2O4. The van der Waals surface area contributed by atoms with Crippen molar-refractivity contribution in [1.29, 1.82) is 0 Å². The molecule has 0 atom stereocenters. The number of ether oxygens (including phenoxy) is 1. The van der Waals surface area contributed by atoms with Crippen LogP contribution in [0.4, 0.5) is 0 Å². The third kappa shape index (κ3) is 10.6. The lowest BCUT2D eigenvalue weighted by Crippen LogP contribution is -2.37. The van der Waals surface area contributed by atoms with E-state index >= 15 is 0 Å². The molecule has 1 fully saturated rings. The van der Waals surface area contributed by atoms with E-state index in [1.54, 1.807) is 13.0 Å². The Kier molecular flexibility index (Phi) is 10.9. The summed E-state index contributed by atoms with van der Waals surface area (Å²) in [6.45, 7) is 5.16. The van der Waals surface area contributed by atoms with Gasteiger partial charge in [-0.05, 0) is 25.8 Å². The summed E-state index contributed by atoms with van der Waals surface area (Å²) in [7, 11) is 1.35.